The predicted octanol–water partition coefficient (Wildman–Crippen LogP) is 1.86. The van der Waals surface area contributed by atoms with Crippen molar-refractivity contribution >= 4 is 5.91 Å². The molecule has 0 aliphatic carbocycles. The number of carbonyl (C=O) groups is 1. The van der Waals surface area contributed by atoms with Crippen molar-refractivity contribution in [1.29, 1.82) is 0 Å². The van der Waals surface area contributed by atoms with Crippen LogP contribution in [0.1, 0.15) is 31.9 Å². The van der Waals surface area contributed by atoms with Crippen molar-refractivity contribution in [1.82, 2.24) is 10.6 Å². The molecule has 1 rings (SSSR count). The highest BCUT2D eigenvalue weighted by Crippen LogP contribution is 2.10. The molecule has 1 aromatic rings. The zero-order valence-electron chi connectivity index (χ0n) is 9.99. The Bertz CT molecular complexity index is 311. The van der Waals surface area contributed by atoms with Crippen molar-refractivity contribution < 1.29 is 4.79 Å². The van der Waals surface area contributed by atoms with E-state index in [0.29, 0.717) is 19.5 Å². The molecule has 3 heteroatoms. The Labute approximate surface area is 97.2 Å². The van der Waals surface area contributed by atoms with Gasteiger partial charge in [-0.1, -0.05) is 30.3 Å². The number of hydrogen-bond acceptors (Lipinski definition) is 2. The number of rotatable bonds is 6. The summed E-state index contributed by atoms with van der Waals surface area (Å²) in [7, 11) is 0. The lowest BCUT2D eigenvalue weighted by atomic mass is 10.1. The van der Waals surface area contributed by atoms with Gasteiger partial charge in [0.25, 0.3) is 0 Å². The van der Waals surface area contributed by atoms with E-state index in [4.69, 9.17) is 0 Å². The highest BCUT2D eigenvalue weighted by atomic mass is 16.1. The third-order valence-electron chi connectivity index (χ3n) is 2.48. The summed E-state index contributed by atoms with van der Waals surface area (Å²) in [4.78, 5) is 11.2. The number of amides is 1. The van der Waals surface area contributed by atoms with Crippen molar-refractivity contribution in [3.8, 4) is 0 Å². The predicted molar refractivity (Wildman–Crippen MR) is 66.2 cm³/mol. The third-order valence-corrected chi connectivity index (χ3v) is 2.48. The van der Waals surface area contributed by atoms with Gasteiger partial charge in [0.05, 0.1) is 0 Å². The highest BCUT2D eigenvalue weighted by molar-refractivity contribution is 5.75. The summed E-state index contributed by atoms with van der Waals surface area (Å²) in [6, 6.07) is 10.5. The Kier molecular flexibility index (Phi) is 5.57. The topological polar surface area (TPSA) is 41.1 Å². The van der Waals surface area contributed by atoms with Crippen LogP contribution in [-0.2, 0) is 4.79 Å². The van der Waals surface area contributed by atoms with Crippen LogP contribution in [0, 0.1) is 0 Å². The Morgan fingerprint density at radius 2 is 2.00 bits per heavy atom. The fraction of sp³-hybridized carbons (Fsp3) is 0.462. The molecule has 1 aromatic carbocycles. The Morgan fingerprint density at radius 1 is 1.31 bits per heavy atom. The van der Waals surface area contributed by atoms with E-state index >= 15 is 0 Å². The van der Waals surface area contributed by atoms with Crippen molar-refractivity contribution in [2.45, 2.75) is 26.3 Å². The molecule has 0 aliphatic heterocycles. The molecule has 0 saturated heterocycles. The van der Waals surface area contributed by atoms with Gasteiger partial charge in [-0.2, -0.15) is 0 Å². The van der Waals surface area contributed by atoms with Gasteiger partial charge in [0.15, 0.2) is 0 Å². The monoisotopic (exact) mass is 220 g/mol. The van der Waals surface area contributed by atoms with Crippen LogP contribution in [0.3, 0.4) is 0 Å². The second kappa shape index (κ2) is 7.01. The molecule has 0 bridgehead atoms. The number of carbonyl (C=O) groups excluding carboxylic acids is 1. The second-order valence-electron chi connectivity index (χ2n) is 3.79. The summed E-state index contributed by atoms with van der Waals surface area (Å²) in [6.45, 7) is 5.44. The smallest absolute Gasteiger partial charge is 0.221 e. The summed E-state index contributed by atoms with van der Waals surface area (Å²) >= 11 is 0. The maximum atomic E-state index is 11.2. The Hall–Kier alpha value is -1.35. The number of nitrogens with one attached hydrogen (secondary N) is 2. The molecule has 0 aromatic heterocycles. The van der Waals surface area contributed by atoms with Crippen LogP contribution in [0.15, 0.2) is 30.3 Å². The van der Waals surface area contributed by atoms with Gasteiger partial charge in [-0.3, -0.25) is 4.79 Å². The van der Waals surface area contributed by atoms with Gasteiger partial charge in [-0.25, -0.2) is 0 Å². The van der Waals surface area contributed by atoms with E-state index < -0.39 is 0 Å². The molecule has 16 heavy (non-hydrogen) atoms. The number of benzene rings is 1. The largest absolute Gasteiger partial charge is 0.356 e. The van der Waals surface area contributed by atoms with Crippen LogP contribution >= 0.6 is 0 Å². The Morgan fingerprint density at radius 3 is 2.62 bits per heavy atom. The molecule has 3 nitrogen and oxygen atoms in total. The average molecular weight is 220 g/mol. The first-order chi connectivity index (χ1) is 7.74. The molecule has 1 atom stereocenters. The molecular weight excluding hydrogens is 200 g/mol. The van der Waals surface area contributed by atoms with Gasteiger partial charge in [-0.05, 0) is 19.4 Å². The molecule has 2 N–H and O–H groups in total. The summed E-state index contributed by atoms with van der Waals surface area (Å²) in [6.07, 6.45) is 0.533. The second-order valence-corrected chi connectivity index (χ2v) is 3.79. The molecule has 0 heterocycles. The van der Waals surface area contributed by atoms with Crippen molar-refractivity contribution in [3.05, 3.63) is 35.9 Å². The van der Waals surface area contributed by atoms with Crippen LogP contribution in [0.4, 0.5) is 0 Å². The summed E-state index contributed by atoms with van der Waals surface area (Å²) < 4.78 is 0. The zero-order chi connectivity index (χ0) is 11.8. The SMILES string of the molecule is CCNC(=O)CCN[C@H](C)c1ccccc1. The van der Waals surface area contributed by atoms with E-state index in [-0.39, 0.29) is 11.9 Å². The standard InChI is InChI=1S/C13H20N2O/c1-3-14-13(16)9-10-15-11(2)12-7-5-4-6-8-12/h4-8,11,15H,3,9-10H2,1-2H3,(H,14,16)/t11-/m1/s1. The molecule has 0 unspecified atom stereocenters. The lowest BCUT2D eigenvalue weighted by molar-refractivity contribution is -0.120. The molecule has 88 valence electrons. The molecule has 0 radical (unpaired) electrons. The first kappa shape index (κ1) is 12.7. The van der Waals surface area contributed by atoms with Crippen molar-refractivity contribution in [2.24, 2.45) is 0 Å². The van der Waals surface area contributed by atoms with Crippen LogP contribution in [0.2, 0.25) is 0 Å². The molecule has 0 fully saturated rings. The first-order valence-electron chi connectivity index (χ1n) is 5.79. The minimum absolute atomic E-state index is 0.107. The van der Waals surface area contributed by atoms with Crippen LogP contribution in [0.25, 0.3) is 0 Å². The van der Waals surface area contributed by atoms with E-state index in [9.17, 15) is 4.79 Å². The fourth-order valence-corrected chi connectivity index (χ4v) is 1.55. The van der Waals surface area contributed by atoms with E-state index in [2.05, 4.69) is 29.7 Å². The normalized spacial score (nSPS) is 12.1. The first-order valence-corrected chi connectivity index (χ1v) is 5.79. The van der Waals surface area contributed by atoms with E-state index in [1.165, 1.54) is 5.56 Å². The molecule has 0 saturated carbocycles. The van der Waals surface area contributed by atoms with Crippen molar-refractivity contribution in [3.63, 3.8) is 0 Å². The van der Waals surface area contributed by atoms with Gasteiger partial charge in [0, 0.05) is 25.6 Å². The zero-order valence-corrected chi connectivity index (χ0v) is 9.99. The van der Waals surface area contributed by atoms with Crippen molar-refractivity contribution in [2.75, 3.05) is 13.1 Å². The fourth-order valence-electron chi connectivity index (χ4n) is 1.55. The molecule has 0 spiro atoms. The maximum Gasteiger partial charge on any atom is 0.221 e. The molecule has 1 amide bonds. The average Bonchev–Trinajstić information content (AvgIpc) is 2.30. The van der Waals surface area contributed by atoms with Crippen LogP contribution < -0.4 is 10.6 Å². The molecule has 0 aliphatic rings. The van der Waals surface area contributed by atoms with Gasteiger partial charge in [-0.15, -0.1) is 0 Å². The molecular formula is C13H20N2O. The van der Waals surface area contributed by atoms with Gasteiger partial charge < -0.3 is 10.6 Å². The quantitative estimate of drug-likeness (QED) is 0.768. The highest BCUT2D eigenvalue weighted by Gasteiger charge is 2.04. The minimum Gasteiger partial charge on any atom is -0.356 e. The lowest BCUT2D eigenvalue weighted by Gasteiger charge is -2.13. The number of hydrogen-bond donors (Lipinski definition) is 2. The summed E-state index contributed by atoms with van der Waals surface area (Å²) in [5.41, 5.74) is 1.25. The third kappa shape index (κ3) is 4.45. The van der Waals surface area contributed by atoms with E-state index in [0.717, 1.165) is 0 Å². The lowest BCUT2D eigenvalue weighted by Crippen LogP contribution is -2.28. The van der Waals surface area contributed by atoms with Crippen LogP contribution in [-0.4, -0.2) is 19.0 Å². The minimum atomic E-state index is 0.107. The summed E-state index contributed by atoms with van der Waals surface area (Å²) in [5, 5.41) is 6.11. The van der Waals surface area contributed by atoms with E-state index in [1.54, 1.807) is 0 Å². The van der Waals surface area contributed by atoms with Gasteiger partial charge >= 0.3 is 0 Å². The van der Waals surface area contributed by atoms with Crippen LogP contribution in [0.5, 0.6) is 0 Å². The van der Waals surface area contributed by atoms with Gasteiger partial charge in [0.1, 0.15) is 0 Å². The Balaban J connectivity index is 2.26. The summed E-state index contributed by atoms with van der Waals surface area (Å²) in [5.74, 6) is 0.107. The van der Waals surface area contributed by atoms with Gasteiger partial charge in [0.2, 0.25) is 5.91 Å². The maximum absolute atomic E-state index is 11.2. The van der Waals surface area contributed by atoms with E-state index in [1.807, 2.05) is 25.1 Å².